The van der Waals surface area contributed by atoms with Gasteiger partial charge in [-0.25, -0.2) is 0 Å². The largest absolute Gasteiger partial charge is 0.507 e. The predicted octanol–water partition coefficient (Wildman–Crippen LogP) is 2.58. The number of nitrogens with zero attached hydrogens (tertiary/aromatic N) is 1. The Hall–Kier alpha value is -1.16. The molecule has 0 saturated heterocycles. The second kappa shape index (κ2) is 12.3. The first kappa shape index (κ1) is 22.9. The minimum atomic E-state index is -0.287. The number of thioether (sulfide) groups is 1. The number of carbonyl (C=O) groups is 1. The topological polar surface area (TPSA) is 85.8 Å². The lowest BCUT2D eigenvalue weighted by molar-refractivity contribution is 0.0952. The fourth-order valence-electron chi connectivity index (χ4n) is 2.90. The number of rotatable bonds is 7. The highest BCUT2D eigenvalue weighted by Gasteiger charge is 2.24. The van der Waals surface area contributed by atoms with Gasteiger partial charge in [-0.1, -0.05) is 12.1 Å². The number of hydrogen-bond acceptors (Lipinski definition) is 4. The number of nitrogens with one attached hydrogen (secondary N) is 3. The fraction of sp³-hybridized carbons (Fsp3) is 0.556. The van der Waals surface area contributed by atoms with Crippen LogP contribution in [0.1, 0.15) is 36.5 Å². The van der Waals surface area contributed by atoms with E-state index in [1.54, 1.807) is 18.2 Å². The van der Waals surface area contributed by atoms with Crippen molar-refractivity contribution in [1.82, 2.24) is 16.0 Å². The third-order valence-electron chi connectivity index (χ3n) is 4.22. The van der Waals surface area contributed by atoms with Crippen LogP contribution in [0.2, 0.25) is 0 Å². The van der Waals surface area contributed by atoms with Gasteiger partial charge in [-0.15, -0.1) is 24.0 Å². The SMILES string of the molecule is CCNC(=NCCNC(=O)c1ccccc1O)NC1CCC(SC)C1.I. The number of benzene rings is 1. The first-order valence-corrected chi connectivity index (χ1v) is 10.1. The number of para-hydroxylation sites is 1. The highest BCUT2D eigenvalue weighted by molar-refractivity contribution is 14.0. The molecular weight excluding hydrogens is 463 g/mol. The van der Waals surface area contributed by atoms with Gasteiger partial charge in [0.2, 0.25) is 0 Å². The lowest BCUT2D eigenvalue weighted by atomic mass is 10.2. The van der Waals surface area contributed by atoms with Gasteiger partial charge in [-0.05, 0) is 44.6 Å². The van der Waals surface area contributed by atoms with Crippen LogP contribution in [0.25, 0.3) is 0 Å². The average Bonchev–Trinajstić information content (AvgIpc) is 3.06. The minimum absolute atomic E-state index is 0. The van der Waals surface area contributed by atoms with Gasteiger partial charge in [-0.3, -0.25) is 9.79 Å². The van der Waals surface area contributed by atoms with Gasteiger partial charge in [0.1, 0.15) is 5.75 Å². The van der Waals surface area contributed by atoms with Crippen LogP contribution in [0.4, 0.5) is 0 Å². The number of amides is 1. The van der Waals surface area contributed by atoms with Crippen molar-refractivity contribution in [2.45, 2.75) is 37.5 Å². The van der Waals surface area contributed by atoms with Gasteiger partial charge in [0, 0.05) is 24.4 Å². The predicted molar refractivity (Wildman–Crippen MR) is 120 cm³/mol. The standard InChI is InChI=1S/C18H28N4O2S.HI/c1-3-19-18(22-13-8-9-14(12-13)25-2)21-11-10-20-17(24)15-6-4-5-7-16(15)23;/h4-7,13-14,23H,3,8-12H2,1-2H3,(H,20,24)(H2,19,21,22);1H. The molecule has 8 heteroatoms. The van der Waals surface area contributed by atoms with Crippen molar-refractivity contribution in [3.63, 3.8) is 0 Å². The van der Waals surface area contributed by atoms with Crippen LogP contribution in [0, 0.1) is 0 Å². The van der Waals surface area contributed by atoms with Crippen molar-refractivity contribution >= 4 is 47.6 Å². The third kappa shape index (κ3) is 7.22. The summed E-state index contributed by atoms with van der Waals surface area (Å²) in [5.41, 5.74) is 0.283. The van der Waals surface area contributed by atoms with Crippen LogP contribution >= 0.6 is 35.7 Å². The lowest BCUT2D eigenvalue weighted by Crippen LogP contribution is -2.43. The van der Waals surface area contributed by atoms with Crippen LogP contribution in [0.5, 0.6) is 5.75 Å². The van der Waals surface area contributed by atoms with Crippen LogP contribution in [0.3, 0.4) is 0 Å². The van der Waals surface area contributed by atoms with Crippen molar-refractivity contribution in [1.29, 1.82) is 0 Å². The molecule has 1 amide bonds. The molecule has 26 heavy (non-hydrogen) atoms. The van der Waals surface area contributed by atoms with E-state index < -0.39 is 0 Å². The molecule has 1 aliphatic carbocycles. The summed E-state index contributed by atoms with van der Waals surface area (Å²) in [5, 5.41) is 19.9. The molecule has 4 N–H and O–H groups in total. The van der Waals surface area contributed by atoms with E-state index in [9.17, 15) is 9.90 Å². The number of halogens is 1. The van der Waals surface area contributed by atoms with Crippen molar-refractivity contribution in [2.75, 3.05) is 25.9 Å². The van der Waals surface area contributed by atoms with E-state index >= 15 is 0 Å². The Morgan fingerprint density at radius 3 is 2.73 bits per heavy atom. The highest BCUT2D eigenvalue weighted by Crippen LogP contribution is 2.27. The maximum atomic E-state index is 12.0. The average molecular weight is 492 g/mol. The fourth-order valence-corrected chi connectivity index (χ4v) is 3.69. The number of carbonyl (C=O) groups excluding carboxylic acids is 1. The normalized spacial score (nSPS) is 19.5. The number of aliphatic imine (C=N–C) groups is 1. The zero-order valence-electron chi connectivity index (χ0n) is 15.3. The summed E-state index contributed by atoms with van der Waals surface area (Å²) >= 11 is 1.93. The summed E-state index contributed by atoms with van der Waals surface area (Å²) < 4.78 is 0. The van der Waals surface area contributed by atoms with Gasteiger partial charge < -0.3 is 21.1 Å². The summed E-state index contributed by atoms with van der Waals surface area (Å²) in [5.74, 6) is 0.499. The Bertz CT molecular complexity index is 600. The lowest BCUT2D eigenvalue weighted by Gasteiger charge is -2.17. The Labute approximate surface area is 177 Å². The molecule has 1 fully saturated rings. The zero-order chi connectivity index (χ0) is 18.1. The molecule has 2 atom stereocenters. The summed E-state index contributed by atoms with van der Waals surface area (Å²) in [4.78, 5) is 16.6. The number of phenols is 1. The maximum absolute atomic E-state index is 12.0. The van der Waals surface area contributed by atoms with E-state index in [2.05, 4.69) is 27.2 Å². The molecular formula is C18H29IN4O2S. The molecule has 0 radical (unpaired) electrons. The highest BCUT2D eigenvalue weighted by atomic mass is 127. The van der Waals surface area contributed by atoms with Crippen molar-refractivity contribution in [3.8, 4) is 5.75 Å². The Morgan fingerprint density at radius 1 is 1.31 bits per heavy atom. The van der Waals surface area contributed by atoms with E-state index in [-0.39, 0.29) is 41.2 Å². The first-order valence-electron chi connectivity index (χ1n) is 8.77. The van der Waals surface area contributed by atoms with Crippen LogP contribution in [-0.4, -0.2) is 54.2 Å². The number of guanidine groups is 1. The van der Waals surface area contributed by atoms with Gasteiger partial charge >= 0.3 is 0 Å². The van der Waals surface area contributed by atoms with E-state index in [0.29, 0.717) is 19.1 Å². The molecule has 1 aromatic carbocycles. The van der Waals surface area contributed by atoms with E-state index in [1.807, 2.05) is 18.7 Å². The van der Waals surface area contributed by atoms with Crippen LogP contribution in [0.15, 0.2) is 29.3 Å². The zero-order valence-corrected chi connectivity index (χ0v) is 18.5. The summed E-state index contributed by atoms with van der Waals surface area (Å²) in [6.07, 6.45) is 5.74. The number of hydrogen-bond donors (Lipinski definition) is 4. The summed E-state index contributed by atoms with van der Waals surface area (Å²) in [7, 11) is 0. The first-order chi connectivity index (χ1) is 12.1. The molecule has 6 nitrogen and oxygen atoms in total. The molecule has 2 rings (SSSR count). The monoisotopic (exact) mass is 492 g/mol. The number of aromatic hydroxyl groups is 1. The molecule has 146 valence electrons. The molecule has 1 saturated carbocycles. The van der Waals surface area contributed by atoms with E-state index in [1.165, 1.54) is 18.9 Å². The molecule has 2 unspecified atom stereocenters. The Kier molecular flexibility index (Phi) is 10.8. The van der Waals surface area contributed by atoms with E-state index in [4.69, 9.17) is 0 Å². The summed E-state index contributed by atoms with van der Waals surface area (Å²) in [6.45, 7) is 3.74. The van der Waals surface area contributed by atoms with Gasteiger partial charge in [0.25, 0.3) is 5.91 Å². The van der Waals surface area contributed by atoms with Crippen molar-refractivity contribution < 1.29 is 9.90 Å². The maximum Gasteiger partial charge on any atom is 0.255 e. The Morgan fingerprint density at radius 2 is 2.08 bits per heavy atom. The summed E-state index contributed by atoms with van der Waals surface area (Å²) in [6, 6.07) is 6.98. The third-order valence-corrected chi connectivity index (χ3v) is 5.31. The van der Waals surface area contributed by atoms with E-state index in [0.717, 1.165) is 24.2 Å². The van der Waals surface area contributed by atoms with Gasteiger partial charge in [-0.2, -0.15) is 11.8 Å². The second-order valence-corrected chi connectivity index (χ2v) is 7.18. The molecule has 0 heterocycles. The minimum Gasteiger partial charge on any atom is -0.507 e. The van der Waals surface area contributed by atoms with Gasteiger partial charge in [0.15, 0.2) is 5.96 Å². The molecule has 1 aliphatic rings. The molecule has 0 aromatic heterocycles. The molecule has 0 aliphatic heterocycles. The Balaban J connectivity index is 0.00000338. The van der Waals surface area contributed by atoms with Crippen molar-refractivity contribution in [2.24, 2.45) is 4.99 Å². The van der Waals surface area contributed by atoms with Crippen LogP contribution < -0.4 is 16.0 Å². The van der Waals surface area contributed by atoms with Crippen LogP contribution in [-0.2, 0) is 0 Å². The second-order valence-electron chi connectivity index (χ2n) is 6.05. The van der Waals surface area contributed by atoms with Crippen molar-refractivity contribution in [3.05, 3.63) is 29.8 Å². The molecule has 1 aromatic rings. The number of phenolic OH excluding ortho intramolecular Hbond substituents is 1. The van der Waals surface area contributed by atoms with Gasteiger partial charge in [0.05, 0.1) is 12.1 Å². The molecule has 0 bridgehead atoms. The smallest absolute Gasteiger partial charge is 0.255 e. The molecule has 0 spiro atoms. The quantitative estimate of drug-likeness (QED) is 0.204.